The van der Waals surface area contributed by atoms with Crippen molar-refractivity contribution in [3.63, 3.8) is 0 Å². The van der Waals surface area contributed by atoms with Gasteiger partial charge in [-0.2, -0.15) is 0 Å². The highest BCUT2D eigenvalue weighted by molar-refractivity contribution is 5.80. The molecule has 2 N–H and O–H groups in total. The summed E-state index contributed by atoms with van der Waals surface area (Å²) >= 11 is 0. The van der Waals surface area contributed by atoms with Crippen LogP contribution in [-0.4, -0.2) is 6.54 Å². The molecule has 0 saturated heterocycles. The molecule has 1 heterocycles. The molecule has 0 amide bonds. The van der Waals surface area contributed by atoms with Gasteiger partial charge in [-0.25, -0.2) is 0 Å². The van der Waals surface area contributed by atoms with Gasteiger partial charge < -0.3 is 10.2 Å². The van der Waals surface area contributed by atoms with Gasteiger partial charge in [0.25, 0.3) is 0 Å². The van der Waals surface area contributed by atoms with E-state index in [2.05, 4.69) is 18.2 Å². The summed E-state index contributed by atoms with van der Waals surface area (Å²) in [5.41, 5.74) is 7.85. The van der Waals surface area contributed by atoms with Gasteiger partial charge >= 0.3 is 0 Å². The Morgan fingerprint density at radius 1 is 1.00 bits per heavy atom. The fourth-order valence-corrected chi connectivity index (χ4v) is 2.07. The van der Waals surface area contributed by atoms with Crippen molar-refractivity contribution in [1.82, 2.24) is 0 Å². The SMILES string of the molecule is NCCCCCCc1cccc2ccoc12. The molecular weight excluding hydrogens is 198 g/mol. The third-order valence-electron chi connectivity index (χ3n) is 2.96. The van der Waals surface area contributed by atoms with E-state index < -0.39 is 0 Å². The third kappa shape index (κ3) is 2.64. The number of hydrogen-bond donors (Lipinski definition) is 1. The van der Waals surface area contributed by atoms with Crippen LogP contribution in [0.25, 0.3) is 11.0 Å². The number of rotatable bonds is 6. The molecule has 2 nitrogen and oxygen atoms in total. The van der Waals surface area contributed by atoms with Crippen molar-refractivity contribution in [3.05, 3.63) is 36.1 Å². The molecule has 2 heteroatoms. The number of hydrogen-bond acceptors (Lipinski definition) is 2. The van der Waals surface area contributed by atoms with Crippen LogP contribution >= 0.6 is 0 Å². The third-order valence-corrected chi connectivity index (χ3v) is 2.96. The molecule has 0 aliphatic carbocycles. The van der Waals surface area contributed by atoms with Crippen LogP contribution in [0.1, 0.15) is 31.2 Å². The summed E-state index contributed by atoms with van der Waals surface area (Å²) in [6.07, 6.45) is 7.74. The van der Waals surface area contributed by atoms with Crippen molar-refractivity contribution < 1.29 is 4.42 Å². The van der Waals surface area contributed by atoms with Gasteiger partial charge in [0.2, 0.25) is 0 Å². The van der Waals surface area contributed by atoms with E-state index in [4.69, 9.17) is 10.2 Å². The van der Waals surface area contributed by atoms with E-state index in [9.17, 15) is 0 Å². The smallest absolute Gasteiger partial charge is 0.137 e. The Hall–Kier alpha value is -1.28. The molecule has 1 aromatic carbocycles. The highest BCUT2D eigenvalue weighted by Gasteiger charge is 2.02. The van der Waals surface area contributed by atoms with Gasteiger partial charge in [-0.3, -0.25) is 0 Å². The van der Waals surface area contributed by atoms with Gasteiger partial charge in [0.1, 0.15) is 5.58 Å². The summed E-state index contributed by atoms with van der Waals surface area (Å²) < 4.78 is 5.51. The lowest BCUT2D eigenvalue weighted by Gasteiger charge is -2.02. The van der Waals surface area contributed by atoms with Crippen LogP contribution < -0.4 is 5.73 Å². The molecule has 2 aromatic rings. The first-order valence-corrected chi connectivity index (χ1v) is 6.07. The molecule has 1 aromatic heterocycles. The standard InChI is InChI=1S/C14H19NO/c15-10-4-2-1-3-6-12-7-5-8-13-9-11-16-14(12)13/h5,7-9,11H,1-4,6,10,15H2. The Balaban J connectivity index is 1.91. The highest BCUT2D eigenvalue weighted by Crippen LogP contribution is 2.21. The highest BCUT2D eigenvalue weighted by atomic mass is 16.3. The number of furan rings is 1. The molecule has 0 fully saturated rings. The predicted molar refractivity (Wildman–Crippen MR) is 67.4 cm³/mol. The molecule has 0 atom stereocenters. The first-order chi connectivity index (χ1) is 7.92. The average Bonchev–Trinajstić information content (AvgIpc) is 2.77. The van der Waals surface area contributed by atoms with Crippen LogP contribution in [0.5, 0.6) is 0 Å². The number of unbranched alkanes of at least 4 members (excludes halogenated alkanes) is 3. The molecule has 0 radical (unpaired) electrons. The van der Waals surface area contributed by atoms with E-state index in [0.717, 1.165) is 25.0 Å². The second kappa shape index (κ2) is 5.71. The zero-order valence-electron chi connectivity index (χ0n) is 9.61. The van der Waals surface area contributed by atoms with E-state index in [0.29, 0.717) is 0 Å². The zero-order chi connectivity index (χ0) is 11.2. The van der Waals surface area contributed by atoms with Gasteiger partial charge in [-0.1, -0.05) is 31.0 Å². The molecule has 0 aliphatic heterocycles. The van der Waals surface area contributed by atoms with E-state index in [-0.39, 0.29) is 0 Å². The van der Waals surface area contributed by atoms with Crippen molar-refractivity contribution in [2.75, 3.05) is 6.54 Å². The van der Waals surface area contributed by atoms with Gasteiger partial charge in [0.05, 0.1) is 6.26 Å². The van der Waals surface area contributed by atoms with Crippen molar-refractivity contribution in [2.24, 2.45) is 5.73 Å². The van der Waals surface area contributed by atoms with E-state index >= 15 is 0 Å². The van der Waals surface area contributed by atoms with Gasteiger partial charge in [0.15, 0.2) is 0 Å². The number of nitrogens with two attached hydrogens (primary N) is 1. The summed E-state index contributed by atoms with van der Waals surface area (Å²) in [7, 11) is 0. The fourth-order valence-electron chi connectivity index (χ4n) is 2.07. The van der Waals surface area contributed by atoms with Crippen LogP contribution in [0.3, 0.4) is 0 Å². The molecule has 0 aliphatic rings. The Labute approximate surface area is 96.4 Å². The minimum Gasteiger partial charge on any atom is -0.464 e. The maximum atomic E-state index is 5.51. The number of fused-ring (bicyclic) bond motifs is 1. The average molecular weight is 217 g/mol. The summed E-state index contributed by atoms with van der Waals surface area (Å²) in [4.78, 5) is 0. The number of benzene rings is 1. The van der Waals surface area contributed by atoms with Crippen molar-refractivity contribution >= 4 is 11.0 Å². The van der Waals surface area contributed by atoms with Crippen LogP contribution in [0.2, 0.25) is 0 Å². The zero-order valence-corrected chi connectivity index (χ0v) is 9.61. The van der Waals surface area contributed by atoms with E-state index in [1.54, 1.807) is 6.26 Å². The lowest BCUT2D eigenvalue weighted by Crippen LogP contribution is -1.97. The Morgan fingerprint density at radius 2 is 1.88 bits per heavy atom. The molecular formula is C14H19NO. The van der Waals surface area contributed by atoms with Crippen molar-refractivity contribution in [1.29, 1.82) is 0 Å². The second-order valence-electron chi connectivity index (χ2n) is 4.21. The molecule has 2 rings (SSSR count). The topological polar surface area (TPSA) is 39.2 Å². The summed E-state index contributed by atoms with van der Waals surface area (Å²) in [6.45, 7) is 0.813. The Morgan fingerprint density at radius 3 is 2.75 bits per heavy atom. The van der Waals surface area contributed by atoms with E-state index in [1.807, 2.05) is 6.07 Å². The van der Waals surface area contributed by atoms with Crippen LogP contribution in [0, 0.1) is 0 Å². The normalized spacial score (nSPS) is 11.1. The minimum absolute atomic E-state index is 0.813. The molecule has 0 unspecified atom stereocenters. The van der Waals surface area contributed by atoms with Crippen molar-refractivity contribution in [2.45, 2.75) is 32.1 Å². The molecule has 0 saturated carbocycles. The van der Waals surface area contributed by atoms with E-state index in [1.165, 1.54) is 30.2 Å². The largest absolute Gasteiger partial charge is 0.464 e. The minimum atomic E-state index is 0.813. The lowest BCUT2D eigenvalue weighted by molar-refractivity contribution is 0.603. The summed E-state index contributed by atoms with van der Waals surface area (Å²) in [6, 6.07) is 8.38. The quantitative estimate of drug-likeness (QED) is 0.752. The monoisotopic (exact) mass is 217 g/mol. The van der Waals surface area contributed by atoms with Gasteiger partial charge in [-0.05, 0) is 37.4 Å². The molecule has 0 spiro atoms. The Kier molecular flexibility index (Phi) is 4.00. The summed E-state index contributed by atoms with van der Waals surface area (Å²) in [5.74, 6) is 0. The predicted octanol–water partition coefficient (Wildman–Crippen LogP) is 3.49. The molecule has 86 valence electrons. The molecule has 0 bridgehead atoms. The lowest BCUT2D eigenvalue weighted by atomic mass is 10.0. The first kappa shape index (κ1) is 11.2. The fraction of sp³-hybridized carbons (Fsp3) is 0.429. The number of para-hydroxylation sites is 1. The van der Waals surface area contributed by atoms with Gasteiger partial charge in [-0.15, -0.1) is 0 Å². The van der Waals surface area contributed by atoms with Gasteiger partial charge in [0, 0.05) is 5.39 Å². The Bertz CT molecular complexity index is 433. The van der Waals surface area contributed by atoms with Crippen molar-refractivity contribution in [3.8, 4) is 0 Å². The first-order valence-electron chi connectivity index (χ1n) is 6.07. The maximum Gasteiger partial charge on any atom is 0.137 e. The number of aryl methyl sites for hydroxylation is 1. The van der Waals surface area contributed by atoms with Crippen LogP contribution in [0.15, 0.2) is 34.9 Å². The maximum absolute atomic E-state index is 5.51. The van der Waals surface area contributed by atoms with Crippen LogP contribution in [-0.2, 0) is 6.42 Å². The summed E-state index contributed by atoms with van der Waals surface area (Å²) in [5, 5.41) is 1.21. The van der Waals surface area contributed by atoms with Crippen LogP contribution in [0.4, 0.5) is 0 Å². The molecule has 16 heavy (non-hydrogen) atoms. The second-order valence-corrected chi connectivity index (χ2v) is 4.21.